The fraction of sp³-hybridized carbons (Fsp3) is 0.231. The van der Waals surface area contributed by atoms with Crippen molar-refractivity contribution in [1.29, 1.82) is 0 Å². The van der Waals surface area contributed by atoms with Crippen LogP contribution in [0.3, 0.4) is 0 Å². The molecule has 3 N–H and O–H groups in total. The van der Waals surface area contributed by atoms with Gasteiger partial charge in [0, 0.05) is 23.0 Å². The van der Waals surface area contributed by atoms with E-state index >= 15 is 0 Å². The summed E-state index contributed by atoms with van der Waals surface area (Å²) in [5, 5.41) is 11.1. The molecule has 0 bridgehead atoms. The van der Waals surface area contributed by atoms with Crippen LogP contribution < -0.4 is 5.73 Å². The number of hydrogen-bond acceptors (Lipinski definition) is 3. The molecule has 0 saturated heterocycles. The summed E-state index contributed by atoms with van der Waals surface area (Å²) in [7, 11) is 0. The fourth-order valence-corrected chi connectivity index (χ4v) is 2.34. The van der Waals surface area contributed by atoms with Crippen molar-refractivity contribution >= 4 is 23.2 Å². The second-order valence-electron chi connectivity index (χ2n) is 3.99. The zero-order valence-corrected chi connectivity index (χ0v) is 11.0. The van der Waals surface area contributed by atoms with Crippen LogP contribution in [0.25, 0.3) is 0 Å². The Hall–Kier alpha value is -1.00. The molecular weight excluding hydrogens is 273 g/mol. The van der Waals surface area contributed by atoms with E-state index in [4.69, 9.17) is 33.4 Å². The second kappa shape index (κ2) is 5.76. The van der Waals surface area contributed by atoms with Gasteiger partial charge in [0.25, 0.3) is 0 Å². The van der Waals surface area contributed by atoms with E-state index in [1.54, 1.807) is 18.2 Å². The van der Waals surface area contributed by atoms with Crippen molar-refractivity contribution in [1.82, 2.24) is 0 Å². The van der Waals surface area contributed by atoms with Crippen LogP contribution in [0.15, 0.2) is 41.0 Å². The zero-order chi connectivity index (χ0) is 13.1. The highest BCUT2D eigenvalue weighted by Gasteiger charge is 2.25. The first-order chi connectivity index (χ1) is 8.63. The van der Waals surface area contributed by atoms with Gasteiger partial charge in [0.2, 0.25) is 0 Å². The third kappa shape index (κ3) is 2.70. The maximum Gasteiger partial charge on any atom is 0.198 e. The van der Waals surface area contributed by atoms with E-state index in [0.717, 1.165) is 5.56 Å². The summed E-state index contributed by atoms with van der Waals surface area (Å²) in [6.45, 7) is 0.281. The molecule has 0 aliphatic heterocycles. The molecule has 0 aliphatic carbocycles. The molecule has 96 valence electrons. The van der Waals surface area contributed by atoms with E-state index < -0.39 is 6.10 Å². The molecule has 0 spiro atoms. The summed E-state index contributed by atoms with van der Waals surface area (Å²) < 4.78 is 4.98. The monoisotopic (exact) mass is 285 g/mol. The molecule has 0 saturated carbocycles. The topological polar surface area (TPSA) is 59.4 Å². The van der Waals surface area contributed by atoms with Crippen LogP contribution in [0.1, 0.15) is 23.1 Å². The number of nitrogens with two attached hydrogens (primary N) is 1. The standard InChI is InChI=1S/C13H13Cl2NO2/c14-9-3-1-2-8(6-9)11(7-16)12(17)10-4-5-18-13(10)15/h1-6,11-12,17H,7,16H2. The van der Waals surface area contributed by atoms with Gasteiger partial charge in [-0.1, -0.05) is 23.7 Å². The minimum Gasteiger partial charge on any atom is -0.453 e. The van der Waals surface area contributed by atoms with Crippen molar-refractivity contribution in [2.24, 2.45) is 5.73 Å². The van der Waals surface area contributed by atoms with E-state index in [2.05, 4.69) is 0 Å². The predicted molar refractivity (Wildman–Crippen MR) is 71.9 cm³/mol. The molecule has 2 aromatic rings. The Bertz CT molecular complexity index is 527. The zero-order valence-electron chi connectivity index (χ0n) is 9.51. The third-order valence-electron chi connectivity index (χ3n) is 2.88. The number of halogens is 2. The Morgan fingerprint density at radius 1 is 1.28 bits per heavy atom. The van der Waals surface area contributed by atoms with E-state index in [1.165, 1.54) is 6.26 Å². The lowest BCUT2D eigenvalue weighted by atomic mass is 9.90. The molecule has 2 atom stereocenters. The van der Waals surface area contributed by atoms with Crippen LogP contribution in [-0.2, 0) is 0 Å². The van der Waals surface area contributed by atoms with Gasteiger partial charge < -0.3 is 15.3 Å². The van der Waals surface area contributed by atoms with Gasteiger partial charge in [-0.05, 0) is 35.4 Å². The van der Waals surface area contributed by atoms with Crippen LogP contribution in [0, 0.1) is 0 Å². The number of benzene rings is 1. The first-order valence-electron chi connectivity index (χ1n) is 5.50. The van der Waals surface area contributed by atoms with Crippen LogP contribution >= 0.6 is 23.2 Å². The van der Waals surface area contributed by atoms with Gasteiger partial charge in [0.1, 0.15) is 0 Å². The number of rotatable bonds is 4. The summed E-state index contributed by atoms with van der Waals surface area (Å²) in [6.07, 6.45) is 0.617. The number of aliphatic hydroxyl groups is 1. The van der Waals surface area contributed by atoms with Crippen molar-refractivity contribution in [3.05, 3.63) is 58.0 Å². The molecular formula is C13H13Cl2NO2. The Morgan fingerprint density at radius 2 is 2.06 bits per heavy atom. The van der Waals surface area contributed by atoms with Gasteiger partial charge in [0.15, 0.2) is 5.22 Å². The van der Waals surface area contributed by atoms with E-state index in [-0.39, 0.29) is 17.7 Å². The molecule has 2 unspecified atom stereocenters. The first kappa shape index (κ1) is 13.4. The maximum atomic E-state index is 10.3. The number of aliphatic hydroxyl groups excluding tert-OH is 1. The smallest absolute Gasteiger partial charge is 0.198 e. The summed E-state index contributed by atoms with van der Waals surface area (Å²) in [5.74, 6) is -0.279. The van der Waals surface area contributed by atoms with E-state index in [9.17, 15) is 5.11 Å². The van der Waals surface area contributed by atoms with Crippen molar-refractivity contribution in [3.8, 4) is 0 Å². The Balaban J connectivity index is 2.32. The lowest BCUT2D eigenvalue weighted by Gasteiger charge is -2.21. The number of hydrogen-bond donors (Lipinski definition) is 2. The molecule has 1 aromatic heterocycles. The Labute approximate surface area is 115 Å². The van der Waals surface area contributed by atoms with Gasteiger partial charge in [-0.25, -0.2) is 0 Å². The van der Waals surface area contributed by atoms with Crippen molar-refractivity contribution in [2.45, 2.75) is 12.0 Å². The van der Waals surface area contributed by atoms with Gasteiger partial charge in [-0.3, -0.25) is 0 Å². The molecule has 1 aromatic carbocycles. The molecule has 0 radical (unpaired) electrons. The largest absolute Gasteiger partial charge is 0.453 e. The number of furan rings is 1. The summed E-state index contributed by atoms with van der Waals surface area (Å²) in [5.41, 5.74) is 7.14. The molecule has 0 aliphatic rings. The van der Waals surface area contributed by atoms with Crippen LogP contribution in [0.4, 0.5) is 0 Å². The van der Waals surface area contributed by atoms with Crippen LogP contribution in [-0.4, -0.2) is 11.7 Å². The summed E-state index contributed by atoms with van der Waals surface area (Å²) >= 11 is 11.8. The SMILES string of the molecule is NCC(c1cccc(Cl)c1)C(O)c1ccoc1Cl. The molecule has 0 amide bonds. The summed E-state index contributed by atoms with van der Waals surface area (Å²) in [6, 6.07) is 8.90. The predicted octanol–water partition coefficient (Wildman–Crippen LogP) is 3.36. The summed E-state index contributed by atoms with van der Waals surface area (Å²) in [4.78, 5) is 0. The first-order valence-corrected chi connectivity index (χ1v) is 6.25. The third-order valence-corrected chi connectivity index (χ3v) is 3.42. The average Bonchev–Trinajstić information content (AvgIpc) is 2.76. The van der Waals surface area contributed by atoms with Crippen LogP contribution in [0.2, 0.25) is 10.2 Å². The highest BCUT2D eigenvalue weighted by molar-refractivity contribution is 6.30. The minimum atomic E-state index is -0.820. The molecule has 1 heterocycles. The van der Waals surface area contributed by atoms with Gasteiger partial charge in [0.05, 0.1) is 12.4 Å². The van der Waals surface area contributed by atoms with E-state index in [1.807, 2.05) is 12.1 Å². The molecule has 3 nitrogen and oxygen atoms in total. The lowest BCUT2D eigenvalue weighted by molar-refractivity contribution is 0.147. The van der Waals surface area contributed by atoms with Gasteiger partial charge >= 0.3 is 0 Å². The van der Waals surface area contributed by atoms with Gasteiger partial charge in [-0.15, -0.1) is 0 Å². The lowest BCUT2D eigenvalue weighted by Crippen LogP contribution is -2.20. The molecule has 0 fully saturated rings. The maximum absolute atomic E-state index is 10.3. The normalized spacial score (nSPS) is 14.4. The average molecular weight is 286 g/mol. The fourth-order valence-electron chi connectivity index (χ4n) is 1.92. The second-order valence-corrected chi connectivity index (χ2v) is 4.77. The van der Waals surface area contributed by atoms with Crippen molar-refractivity contribution < 1.29 is 9.52 Å². The van der Waals surface area contributed by atoms with Crippen molar-refractivity contribution in [2.75, 3.05) is 6.54 Å². The Morgan fingerprint density at radius 3 is 2.61 bits per heavy atom. The molecule has 5 heteroatoms. The van der Waals surface area contributed by atoms with Gasteiger partial charge in [-0.2, -0.15) is 0 Å². The molecule has 18 heavy (non-hydrogen) atoms. The Kier molecular flexibility index (Phi) is 4.30. The quantitative estimate of drug-likeness (QED) is 0.906. The van der Waals surface area contributed by atoms with E-state index in [0.29, 0.717) is 10.6 Å². The minimum absolute atomic E-state index is 0.183. The van der Waals surface area contributed by atoms with Crippen LogP contribution in [0.5, 0.6) is 0 Å². The highest BCUT2D eigenvalue weighted by atomic mass is 35.5. The highest BCUT2D eigenvalue weighted by Crippen LogP contribution is 2.35. The molecule has 2 rings (SSSR count). The van der Waals surface area contributed by atoms with Crippen molar-refractivity contribution in [3.63, 3.8) is 0 Å².